The maximum absolute atomic E-state index is 13.4. The Morgan fingerprint density at radius 3 is 2.95 bits per heavy atom. The van der Waals surface area contributed by atoms with Gasteiger partial charge in [0.25, 0.3) is 0 Å². The first-order valence-corrected chi connectivity index (χ1v) is 7.10. The number of hydrogen-bond acceptors (Lipinski definition) is 2. The van der Waals surface area contributed by atoms with Crippen LogP contribution in [0.5, 0.6) is 0 Å². The minimum absolute atomic E-state index is 0.195. The highest BCUT2D eigenvalue weighted by atomic mass is 19.1. The fourth-order valence-electron chi connectivity index (χ4n) is 3.14. The molecular formula is C15H20FN3. The summed E-state index contributed by atoms with van der Waals surface area (Å²) in [5.74, 6) is 1.33. The molecule has 0 spiro atoms. The number of hydrogen-bond donors (Lipinski definition) is 1. The Bertz CT molecular complexity index is 590. The fraction of sp³-hybridized carbons (Fsp3) is 0.533. The van der Waals surface area contributed by atoms with Gasteiger partial charge in [-0.15, -0.1) is 0 Å². The number of aromatic nitrogens is 2. The van der Waals surface area contributed by atoms with E-state index in [9.17, 15) is 4.39 Å². The summed E-state index contributed by atoms with van der Waals surface area (Å²) in [4.78, 5) is 4.73. The first-order valence-electron chi connectivity index (χ1n) is 7.10. The molecule has 1 heterocycles. The molecule has 0 unspecified atom stereocenters. The summed E-state index contributed by atoms with van der Waals surface area (Å²) < 4.78 is 15.6. The molecule has 0 amide bonds. The molecule has 102 valence electrons. The second-order valence-electron chi connectivity index (χ2n) is 5.52. The zero-order valence-corrected chi connectivity index (χ0v) is 11.3. The molecule has 1 aliphatic carbocycles. The van der Waals surface area contributed by atoms with Crippen LogP contribution in [0.25, 0.3) is 11.0 Å². The Morgan fingerprint density at radius 2 is 2.26 bits per heavy atom. The zero-order chi connectivity index (χ0) is 13.4. The average Bonchev–Trinajstić information content (AvgIpc) is 2.95. The lowest BCUT2D eigenvalue weighted by Gasteiger charge is -2.13. The minimum Gasteiger partial charge on any atom is -0.328 e. The van der Waals surface area contributed by atoms with Crippen LogP contribution in [0.2, 0.25) is 0 Å². The number of halogens is 1. The predicted octanol–water partition coefficient (Wildman–Crippen LogP) is 3.18. The summed E-state index contributed by atoms with van der Waals surface area (Å²) >= 11 is 0. The molecule has 1 aliphatic rings. The molecule has 0 aliphatic heterocycles. The van der Waals surface area contributed by atoms with E-state index in [0.717, 1.165) is 49.1 Å². The van der Waals surface area contributed by atoms with Crippen LogP contribution in [0.1, 0.15) is 44.3 Å². The van der Waals surface area contributed by atoms with Gasteiger partial charge in [-0.2, -0.15) is 0 Å². The van der Waals surface area contributed by atoms with Crippen molar-refractivity contribution < 1.29 is 4.39 Å². The Morgan fingerprint density at radius 1 is 1.42 bits per heavy atom. The highest BCUT2D eigenvalue weighted by Gasteiger charge is 2.27. The van der Waals surface area contributed by atoms with Crippen LogP contribution in [-0.2, 0) is 6.54 Å². The molecule has 19 heavy (non-hydrogen) atoms. The number of fused-ring (bicyclic) bond motifs is 1. The van der Waals surface area contributed by atoms with Crippen LogP contribution in [0.4, 0.5) is 4.39 Å². The van der Waals surface area contributed by atoms with E-state index in [1.165, 1.54) is 6.07 Å². The number of nitrogens with two attached hydrogens (primary N) is 1. The largest absolute Gasteiger partial charge is 0.328 e. The molecule has 3 nitrogen and oxygen atoms in total. The van der Waals surface area contributed by atoms with Crippen LogP contribution < -0.4 is 5.73 Å². The van der Waals surface area contributed by atoms with E-state index in [2.05, 4.69) is 11.5 Å². The van der Waals surface area contributed by atoms with Crippen molar-refractivity contribution in [1.82, 2.24) is 9.55 Å². The summed E-state index contributed by atoms with van der Waals surface area (Å²) in [5, 5.41) is 0. The summed E-state index contributed by atoms with van der Waals surface area (Å²) in [6.45, 7) is 3.02. The monoisotopic (exact) mass is 261 g/mol. The van der Waals surface area contributed by atoms with Crippen molar-refractivity contribution in [2.45, 2.75) is 51.1 Å². The summed E-state index contributed by atoms with van der Waals surface area (Å²) in [7, 11) is 0. The van der Waals surface area contributed by atoms with Gasteiger partial charge in [-0.3, -0.25) is 0 Å². The van der Waals surface area contributed by atoms with Crippen molar-refractivity contribution in [2.75, 3.05) is 0 Å². The van der Waals surface area contributed by atoms with Crippen LogP contribution in [-0.4, -0.2) is 15.6 Å². The van der Waals surface area contributed by atoms with Gasteiger partial charge in [-0.1, -0.05) is 6.92 Å². The van der Waals surface area contributed by atoms with Crippen LogP contribution in [0, 0.1) is 5.82 Å². The maximum atomic E-state index is 13.4. The molecule has 0 radical (unpaired) electrons. The van der Waals surface area contributed by atoms with Gasteiger partial charge in [0, 0.05) is 18.5 Å². The predicted molar refractivity (Wildman–Crippen MR) is 74.5 cm³/mol. The quantitative estimate of drug-likeness (QED) is 0.922. The molecule has 2 atom stereocenters. The SMILES string of the molecule is CCCn1c([C@@H]2CC[C@H](N)C2)nc2ccc(F)cc21. The second-order valence-corrected chi connectivity index (χ2v) is 5.52. The van der Waals surface area contributed by atoms with Crippen LogP contribution in [0.3, 0.4) is 0 Å². The second kappa shape index (κ2) is 4.93. The molecule has 1 saturated carbocycles. The molecule has 0 bridgehead atoms. The normalized spacial score (nSPS) is 23.3. The molecule has 1 aromatic carbocycles. The van der Waals surface area contributed by atoms with Gasteiger partial charge >= 0.3 is 0 Å². The van der Waals surface area contributed by atoms with Crippen molar-refractivity contribution in [1.29, 1.82) is 0 Å². The molecule has 3 rings (SSSR count). The molecule has 2 N–H and O–H groups in total. The van der Waals surface area contributed by atoms with E-state index in [1.807, 2.05) is 0 Å². The van der Waals surface area contributed by atoms with Gasteiger partial charge in [0.05, 0.1) is 11.0 Å². The number of nitrogens with zero attached hydrogens (tertiary/aromatic N) is 2. The number of rotatable bonds is 3. The van der Waals surface area contributed by atoms with Gasteiger partial charge in [-0.25, -0.2) is 9.37 Å². The number of benzene rings is 1. The van der Waals surface area contributed by atoms with Gasteiger partial charge in [0.15, 0.2) is 0 Å². The summed E-state index contributed by atoms with van der Waals surface area (Å²) in [6, 6.07) is 5.14. The summed E-state index contributed by atoms with van der Waals surface area (Å²) in [6.07, 6.45) is 4.17. The lowest BCUT2D eigenvalue weighted by atomic mass is 10.1. The van der Waals surface area contributed by atoms with Crippen molar-refractivity contribution in [3.63, 3.8) is 0 Å². The standard InChI is InChI=1S/C15H20FN3/c1-2-7-19-14-9-11(16)4-6-13(14)18-15(19)10-3-5-12(17)8-10/h4,6,9-10,12H,2-3,5,7-8,17H2,1H3/t10-,12+/m1/s1. The van der Waals surface area contributed by atoms with E-state index in [1.54, 1.807) is 12.1 Å². The van der Waals surface area contributed by atoms with Crippen LogP contribution in [0.15, 0.2) is 18.2 Å². The van der Waals surface area contributed by atoms with Crippen molar-refractivity contribution >= 4 is 11.0 Å². The Hall–Kier alpha value is -1.42. The highest BCUT2D eigenvalue weighted by Crippen LogP contribution is 2.35. The zero-order valence-electron chi connectivity index (χ0n) is 11.3. The number of aryl methyl sites for hydroxylation is 1. The molecule has 2 aromatic rings. The third-order valence-electron chi connectivity index (χ3n) is 4.03. The lowest BCUT2D eigenvalue weighted by molar-refractivity contribution is 0.576. The van der Waals surface area contributed by atoms with Gasteiger partial charge in [0.1, 0.15) is 11.6 Å². The molecule has 1 fully saturated rings. The van der Waals surface area contributed by atoms with Gasteiger partial charge in [-0.05, 0) is 43.9 Å². The van der Waals surface area contributed by atoms with Crippen molar-refractivity contribution in [3.8, 4) is 0 Å². The fourth-order valence-corrected chi connectivity index (χ4v) is 3.14. The smallest absolute Gasteiger partial charge is 0.125 e. The molecular weight excluding hydrogens is 241 g/mol. The van der Waals surface area contributed by atoms with Gasteiger partial charge < -0.3 is 10.3 Å². The number of imidazole rings is 1. The van der Waals surface area contributed by atoms with Crippen molar-refractivity contribution in [3.05, 3.63) is 29.8 Å². The highest BCUT2D eigenvalue weighted by molar-refractivity contribution is 5.76. The average molecular weight is 261 g/mol. The Labute approximate surface area is 112 Å². The first kappa shape index (κ1) is 12.6. The van der Waals surface area contributed by atoms with E-state index in [0.29, 0.717) is 5.92 Å². The van der Waals surface area contributed by atoms with E-state index in [-0.39, 0.29) is 11.9 Å². The Balaban J connectivity index is 2.09. The van der Waals surface area contributed by atoms with E-state index >= 15 is 0 Å². The molecule has 4 heteroatoms. The molecule has 1 aromatic heterocycles. The lowest BCUT2D eigenvalue weighted by Crippen LogP contribution is -2.15. The molecule has 0 saturated heterocycles. The van der Waals surface area contributed by atoms with E-state index < -0.39 is 0 Å². The topological polar surface area (TPSA) is 43.8 Å². The summed E-state index contributed by atoms with van der Waals surface area (Å²) in [5.41, 5.74) is 7.82. The maximum Gasteiger partial charge on any atom is 0.125 e. The van der Waals surface area contributed by atoms with Crippen molar-refractivity contribution in [2.24, 2.45) is 5.73 Å². The van der Waals surface area contributed by atoms with E-state index in [4.69, 9.17) is 10.7 Å². The van der Waals surface area contributed by atoms with Crippen LogP contribution >= 0.6 is 0 Å². The Kier molecular flexibility index (Phi) is 3.27. The third-order valence-corrected chi connectivity index (χ3v) is 4.03. The minimum atomic E-state index is -0.195. The van der Waals surface area contributed by atoms with Gasteiger partial charge in [0.2, 0.25) is 0 Å². The third kappa shape index (κ3) is 2.25. The first-order chi connectivity index (χ1) is 9.19.